The topological polar surface area (TPSA) is 34.9 Å². The van der Waals surface area contributed by atoms with Gasteiger partial charge < -0.3 is 4.57 Å². The Morgan fingerprint density at radius 3 is 2.74 bits per heavy atom. The van der Waals surface area contributed by atoms with E-state index in [0.29, 0.717) is 11.6 Å². The second kappa shape index (κ2) is 5.16. The van der Waals surface area contributed by atoms with Crippen LogP contribution in [0.15, 0.2) is 29.1 Å². The lowest BCUT2D eigenvalue weighted by Gasteiger charge is -2.23. The number of hydrogen-bond donors (Lipinski definition) is 0. The number of para-hydroxylation sites is 2. The van der Waals surface area contributed by atoms with E-state index in [1.165, 1.54) is 32.1 Å². The van der Waals surface area contributed by atoms with Gasteiger partial charge in [0.1, 0.15) is 5.69 Å². The maximum atomic E-state index is 12.4. The summed E-state index contributed by atoms with van der Waals surface area (Å²) in [4.78, 5) is 16.8. The summed E-state index contributed by atoms with van der Waals surface area (Å²) in [5.74, 6) is 0.650. The van der Waals surface area contributed by atoms with E-state index in [9.17, 15) is 4.79 Å². The van der Waals surface area contributed by atoms with E-state index in [1.807, 2.05) is 35.8 Å². The van der Waals surface area contributed by atoms with Gasteiger partial charge in [0, 0.05) is 6.54 Å². The van der Waals surface area contributed by atoms with Crippen molar-refractivity contribution in [3.8, 4) is 0 Å². The SMILES string of the molecule is Cc1nc2ccccc2n(CC2CCCCC2)c1=O. The first-order valence-corrected chi connectivity index (χ1v) is 7.22. The maximum Gasteiger partial charge on any atom is 0.272 e. The minimum absolute atomic E-state index is 0.0734. The smallest absolute Gasteiger partial charge is 0.272 e. The number of fused-ring (bicyclic) bond motifs is 1. The molecule has 0 N–H and O–H groups in total. The van der Waals surface area contributed by atoms with Gasteiger partial charge in [0.05, 0.1) is 11.0 Å². The number of rotatable bonds is 2. The molecule has 0 amide bonds. The van der Waals surface area contributed by atoms with Gasteiger partial charge in [-0.15, -0.1) is 0 Å². The molecule has 3 nitrogen and oxygen atoms in total. The van der Waals surface area contributed by atoms with Crippen molar-refractivity contribution in [1.82, 2.24) is 9.55 Å². The van der Waals surface area contributed by atoms with Crippen molar-refractivity contribution in [1.29, 1.82) is 0 Å². The first kappa shape index (κ1) is 12.4. The van der Waals surface area contributed by atoms with E-state index in [4.69, 9.17) is 0 Å². The van der Waals surface area contributed by atoms with Crippen LogP contribution in [0.3, 0.4) is 0 Å². The zero-order chi connectivity index (χ0) is 13.2. The largest absolute Gasteiger partial charge is 0.305 e. The van der Waals surface area contributed by atoms with Gasteiger partial charge in [-0.3, -0.25) is 4.79 Å². The summed E-state index contributed by atoms with van der Waals surface area (Å²) >= 11 is 0. The van der Waals surface area contributed by atoms with Crippen LogP contribution >= 0.6 is 0 Å². The molecule has 0 aliphatic heterocycles. The van der Waals surface area contributed by atoms with Crippen molar-refractivity contribution in [2.75, 3.05) is 0 Å². The zero-order valence-electron chi connectivity index (χ0n) is 11.4. The van der Waals surface area contributed by atoms with Crippen LogP contribution < -0.4 is 5.56 Å². The molecule has 1 aromatic carbocycles. The molecular weight excluding hydrogens is 236 g/mol. The summed E-state index contributed by atoms with van der Waals surface area (Å²) in [5.41, 5.74) is 2.58. The van der Waals surface area contributed by atoms with Gasteiger partial charge in [-0.1, -0.05) is 31.4 Å². The highest BCUT2D eigenvalue weighted by atomic mass is 16.1. The average molecular weight is 256 g/mol. The zero-order valence-corrected chi connectivity index (χ0v) is 11.4. The third-order valence-corrected chi connectivity index (χ3v) is 4.18. The van der Waals surface area contributed by atoms with Crippen molar-refractivity contribution in [3.05, 3.63) is 40.3 Å². The quantitative estimate of drug-likeness (QED) is 0.826. The molecule has 1 heterocycles. The molecule has 1 saturated carbocycles. The van der Waals surface area contributed by atoms with Gasteiger partial charge in [-0.2, -0.15) is 0 Å². The summed E-state index contributed by atoms with van der Waals surface area (Å²) in [6, 6.07) is 7.95. The van der Waals surface area contributed by atoms with Crippen LogP contribution in [0.5, 0.6) is 0 Å². The van der Waals surface area contributed by atoms with Crippen LogP contribution in [0.2, 0.25) is 0 Å². The first-order chi connectivity index (χ1) is 9.25. The summed E-state index contributed by atoms with van der Waals surface area (Å²) in [6.45, 7) is 2.66. The number of benzene rings is 1. The molecule has 2 aromatic rings. The van der Waals surface area contributed by atoms with Gasteiger partial charge in [-0.25, -0.2) is 4.98 Å². The van der Waals surface area contributed by atoms with Crippen molar-refractivity contribution in [2.24, 2.45) is 5.92 Å². The fourth-order valence-electron chi connectivity index (χ4n) is 3.13. The van der Waals surface area contributed by atoms with Gasteiger partial charge in [0.2, 0.25) is 0 Å². The Kier molecular flexibility index (Phi) is 3.36. The van der Waals surface area contributed by atoms with E-state index in [-0.39, 0.29) is 5.56 Å². The number of aryl methyl sites for hydroxylation is 1. The predicted molar refractivity (Wildman–Crippen MR) is 77.3 cm³/mol. The highest BCUT2D eigenvalue weighted by Gasteiger charge is 2.16. The van der Waals surface area contributed by atoms with E-state index < -0.39 is 0 Å². The monoisotopic (exact) mass is 256 g/mol. The molecule has 0 saturated heterocycles. The molecule has 100 valence electrons. The Balaban J connectivity index is 2.05. The number of aromatic nitrogens is 2. The molecule has 1 fully saturated rings. The molecule has 0 unspecified atom stereocenters. The molecule has 3 heteroatoms. The minimum atomic E-state index is 0.0734. The molecule has 1 aliphatic carbocycles. The number of nitrogens with zero attached hydrogens (tertiary/aromatic N) is 2. The van der Waals surface area contributed by atoms with E-state index in [1.54, 1.807) is 0 Å². The Hall–Kier alpha value is -1.64. The minimum Gasteiger partial charge on any atom is -0.305 e. The van der Waals surface area contributed by atoms with E-state index >= 15 is 0 Å². The lowest BCUT2D eigenvalue weighted by atomic mass is 9.89. The van der Waals surface area contributed by atoms with Crippen LogP contribution in [0.4, 0.5) is 0 Å². The van der Waals surface area contributed by atoms with Gasteiger partial charge in [0.15, 0.2) is 0 Å². The molecule has 0 radical (unpaired) electrons. The van der Waals surface area contributed by atoms with Gasteiger partial charge in [-0.05, 0) is 37.8 Å². The normalized spacial score (nSPS) is 16.9. The molecule has 0 bridgehead atoms. The lowest BCUT2D eigenvalue weighted by Crippen LogP contribution is -2.28. The average Bonchev–Trinajstić information content (AvgIpc) is 2.45. The Morgan fingerprint density at radius 1 is 1.21 bits per heavy atom. The highest BCUT2D eigenvalue weighted by molar-refractivity contribution is 5.74. The lowest BCUT2D eigenvalue weighted by molar-refractivity contribution is 0.319. The molecule has 0 spiro atoms. The summed E-state index contributed by atoms with van der Waals surface area (Å²) < 4.78 is 1.94. The first-order valence-electron chi connectivity index (χ1n) is 7.22. The Labute approximate surface area is 113 Å². The van der Waals surface area contributed by atoms with Crippen LogP contribution in [0, 0.1) is 12.8 Å². The summed E-state index contributed by atoms with van der Waals surface area (Å²) in [7, 11) is 0. The molecule has 3 rings (SSSR count). The van der Waals surface area contributed by atoms with Gasteiger partial charge in [0.25, 0.3) is 5.56 Å². The van der Waals surface area contributed by atoms with Crippen LogP contribution in [-0.2, 0) is 6.54 Å². The van der Waals surface area contributed by atoms with Crippen molar-refractivity contribution in [2.45, 2.75) is 45.6 Å². The van der Waals surface area contributed by atoms with Crippen LogP contribution in [0.25, 0.3) is 11.0 Å². The third-order valence-electron chi connectivity index (χ3n) is 4.18. The fraction of sp³-hybridized carbons (Fsp3) is 0.500. The second-order valence-corrected chi connectivity index (χ2v) is 5.61. The third kappa shape index (κ3) is 2.42. The van der Waals surface area contributed by atoms with E-state index in [0.717, 1.165) is 17.6 Å². The van der Waals surface area contributed by atoms with Crippen LogP contribution in [-0.4, -0.2) is 9.55 Å². The maximum absolute atomic E-state index is 12.4. The summed E-state index contributed by atoms with van der Waals surface area (Å²) in [6.07, 6.45) is 6.47. The van der Waals surface area contributed by atoms with Crippen LogP contribution in [0.1, 0.15) is 37.8 Å². The highest BCUT2D eigenvalue weighted by Crippen LogP contribution is 2.25. The predicted octanol–water partition coefficient (Wildman–Crippen LogP) is 3.29. The Morgan fingerprint density at radius 2 is 1.95 bits per heavy atom. The van der Waals surface area contributed by atoms with Crippen molar-refractivity contribution < 1.29 is 0 Å². The van der Waals surface area contributed by atoms with Gasteiger partial charge >= 0.3 is 0 Å². The van der Waals surface area contributed by atoms with Crippen molar-refractivity contribution >= 4 is 11.0 Å². The van der Waals surface area contributed by atoms with E-state index in [2.05, 4.69) is 4.98 Å². The second-order valence-electron chi connectivity index (χ2n) is 5.61. The fourth-order valence-corrected chi connectivity index (χ4v) is 3.13. The molecular formula is C16H20N2O. The molecule has 19 heavy (non-hydrogen) atoms. The standard InChI is InChI=1S/C16H20N2O/c1-12-16(19)18(11-13-7-3-2-4-8-13)15-10-6-5-9-14(15)17-12/h5-6,9-10,13H,2-4,7-8,11H2,1H3. The molecule has 1 aliphatic rings. The number of hydrogen-bond acceptors (Lipinski definition) is 2. The Bertz CT molecular complexity index is 639. The van der Waals surface area contributed by atoms with Crippen molar-refractivity contribution in [3.63, 3.8) is 0 Å². The molecule has 0 atom stereocenters. The summed E-state index contributed by atoms with van der Waals surface area (Å²) in [5, 5.41) is 0. The molecule has 1 aromatic heterocycles.